The zero-order valence-corrected chi connectivity index (χ0v) is 13.9. The number of nitrogens with one attached hydrogen (secondary N) is 1. The van der Waals surface area contributed by atoms with Gasteiger partial charge in [0.05, 0.1) is 18.1 Å². The topological polar surface area (TPSA) is 40.0 Å². The summed E-state index contributed by atoms with van der Waals surface area (Å²) in [6.45, 7) is 6.55. The molecule has 1 N–H and O–H groups in total. The van der Waals surface area contributed by atoms with Crippen molar-refractivity contribution in [3.05, 3.63) is 0 Å². The third-order valence-electron chi connectivity index (χ3n) is 4.88. The highest BCUT2D eigenvalue weighted by molar-refractivity contribution is 5.42. The predicted octanol–water partition coefficient (Wildman–Crippen LogP) is 3.65. The number of hydrogen-bond donors (Lipinski definition) is 1. The SMILES string of the molecule is CCN(CC)NC1CCC(N=C=NC2CCCCC2)CC1. The summed E-state index contributed by atoms with van der Waals surface area (Å²) in [6, 6.07) is 4.61. The molecule has 4 nitrogen and oxygen atoms in total. The number of nitrogens with zero attached hydrogens (tertiary/aromatic N) is 3. The Balaban J connectivity index is 1.69. The van der Waals surface area contributed by atoms with Crippen LogP contribution < -0.4 is 5.43 Å². The molecule has 0 amide bonds. The monoisotopic (exact) mass is 292 g/mol. The molecule has 0 radical (unpaired) electrons. The van der Waals surface area contributed by atoms with Crippen LogP contribution >= 0.6 is 0 Å². The zero-order valence-electron chi connectivity index (χ0n) is 13.9. The first-order valence-electron chi connectivity index (χ1n) is 8.97. The summed E-state index contributed by atoms with van der Waals surface area (Å²) in [5.41, 5.74) is 3.63. The molecule has 0 saturated heterocycles. The molecular weight excluding hydrogens is 260 g/mol. The molecule has 0 aromatic carbocycles. The van der Waals surface area contributed by atoms with Crippen LogP contribution in [-0.2, 0) is 0 Å². The van der Waals surface area contributed by atoms with Crippen LogP contribution in [0.4, 0.5) is 0 Å². The number of aliphatic imine (C=N–C) groups is 2. The lowest BCUT2D eigenvalue weighted by Crippen LogP contribution is -2.46. The maximum atomic E-state index is 4.57. The lowest BCUT2D eigenvalue weighted by molar-refractivity contribution is 0.150. The van der Waals surface area contributed by atoms with Crippen LogP contribution in [0.25, 0.3) is 0 Å². The van der Waals surface area contributed by atoms with E-state index in [-0.39, 0.29) is 0 Å². The van der Waals surface area contributed by atoms with Gasteiger partial charge in [-0.25, -0.2) is 15.0 Å². The van der Waals surface area contributed by atoms with Crippen molar-refractivity contribution >= 4 is 6.01 Å². The normalized spacial score (nSPS) is 27.4. The fourth-order valence-corrected chi connectivity index (χ4v) is 3.41. The third kappa shape index (κ3) is 5.90. The number of rotatable bonds is 6. The van der Waals surface area contributed by atoms with Gasteiger partial charge < -0.3 is 0 Å². The highest BCUT2D eigenvalue weighted by Crippen LogP contribution is 2.22. The average molecular weight is 292 g/mol. The van der Waals surface area contributed by atoms with Crippen molar-refractivity contribution in [2.24, 2.45) is 9.98 Å². The maximum Gasteiger partial charge on any atom is 0.0898 e. The van der Waals surface area contributed by atoms with Gasteiger partial charge in [-0.3, -0.25) is 5.43 Å². The number of hydrazine groups is 1. The van der Waals surface area contributed by atoms with Gasteiger partial charge in [0.15, 0.2) is 0 Å². The molecule has 0 spiro atoms. The van der Waals surface area contributed by atoms with Gasteiger partial charge in [0, 0.05) is 19.1 Å². The van der Waals surface area contributed by atoms with Crippen molar-refractivity contribution in [3.63, 3.8) is 0 Å². The Labute approximate surface area is 130 Å². The zero-order chi connectivity index (χ0) is 14.9. The third-order valence-corrected chi connectivity index (χ3v) is 4.88. The average Bonchev–Trinajstić information content (AvgIpc) is 2.55. The van der Waals surface area contributed by atoms with Gasteiger partial charge in [0.25, 0.3) is 0 Å². The van der Waals surface area contributed by atoms with Gasteiger partial charge in [-0.2, -0.15) is 0 Å². The van der Waals surface area contributed by atoms with E-state index in [0.717, 1.165) is 13.1 Å². The fraction of sp³-hybridized carbons (Fsp3) is 0.941. The lowest BCUT2D eigenvalue weighted by atomic mass is 9.92. The molecule has 0 atom stereocenters. The van der Waals surface area contributed by atoms with E-state index < -0.39 is 0 Å². The minimum absolute atomic E-state index is 0.451. The van der Waals surface area contributed by atoms with Crippen molar-refractivity contribution < 1.29 is 0 Å². The Morgan fingerprint density at radius 2 is 1.43 bits per heavy atom. The first-order chi connectivity index (χ1) is 10.3. The van der Waals surface area contributed by atoms with Crippen LogP contribution in [0.3, 0.4) is 0 Å². The second-order valence-corrected chi connectivity index (χ2v) is 6.46. The van der Waals surface area contributed by atoms with Crippen LogP contribution in [0, 0.1) is 0 Å². The van der Waals surface area contributed by atoms with Crippen molar-refractivity contribution in [3.8, 4) is 0 Å². The van der Waals surface area contributed by atoms with Gasteiger partial charge in [0.2, 0.25) is 0 Å². The standard InChI is InChI=1S/C17H32N4/c1-3-21(4-2)20-17-12-10-16(11-13-17)19-14-18-15-8-6-5-7-9-15/h15-17,20H,3-13H2,1-2H3. The Hall–Kier alpha value is -0.700. The highest BCUT2D eigenvalue weighted by Gasteiger charge is 2.21. The summed E-state index contributed by atoms with van der Waals surface area (Å²) in [6.07, 6.45) is 11.3. The van der Waals surface area contributed by atoms with Crippen molar-refractivity contribution in [2.45, 2.75) is 89.8 Å². The Morgan fingerprint density at radius 1 is 0.857 bits per heavy atom. The molecule has 0 heterocycles. The maximum absolute atomic E-state index is 4.57. The van der Waals surface area contributed by atoms with Crippen LogP contribution in [0.5, 0.6) is 0 Å². The molecule has 0 aliphatic heterocycles. The molecule has 2 fully saturated rings. The van der Waals surface area contributed by atoms with E-state index in [1.165, 1.54) is 57.8 Å². The van der Waals surface area contributed by atoms with Crippen molar-refractivity contribution in [2.75, 3.05) is 13.1 Å². The van der Waals surface area contributed by atoms with E-state index in [0.29, 0.717) is 18.1 Å². The van der Waals surface area contributed by atoms with Crippen LogP contribution in [0.1, 0.15) is 71.6 Å². The number of hydrogen-bond acceptors (Lipinski definition) is 4. The van der Waals surface area contributed by atoms with Gasteiger partial charge in [-0.1, -0.05) is 33.1 Å². The van der Waals surface area contributed by atoms with Crippen molar-refractivity contribution in [1.29, 1.82) is 0 Å². The summed E-state index contributed by atoms with van der Waals surface area (Å²) in [5, 5.41) is 2.30. The Kier molecular flexibility index (Phi) is 7.42. The van der Waals surface area contributed by atoms with Crippen LogP contribution in [0.2, 0.25) is 0 Å². The molecule has 2 saturated carbocycles. The van der Waals surface area contributed by atoms with Gasteiger partial charge in [0.1, 0.15) is 0 Å². The molecule has 0 bridgehead atoms. The van der Waals surface area contributed by atoms with Gasteiger partial charge >= 0.3 is 0 Å². The van der Waals surface area contributed by atoms with Crippen LogP contribution in [0.15, 0.2) is 9.98 Å². The first kappa shape index (κ1) is 16.7. The van der Waals surface area contributed by atoms with E-state index in [9.17, 15) is 0 Å². The fourth-order valence-electron chi connectivity index (χ4n) is 3.41. The van der Waals surface area contributed by atoms with Gasteiger partial charge in [-0.05, 0) is 38.5 Å². The predicted molar refractivity (Wildman–Crippen MR) is 88.8 cm³/mol. The highest BCUT2D eigenvalue weighted by atomic mass is 15.5. The molecule has 2 rings (SSSR count). The second-order valence-electron chi connectivity index (χ2n) is 6.46. The molecule has 0 aromatic rings. The second kappa shape index (κ2) is 9.34. The first-order valence-corrected chi connectivity index (χ1v) is 8.97. The summed E-state index contributed by atoms with van der Waals surface area (Å²) < 4.78 is 0. The van der Waals surface area contributed by atoms with E-state index >= 15 is 0 Å². The smallest absolute Gasteiger partial charge is 0.0898 e. The van der Waals surface area contributed by atoms with Crippen LogP contribution in [-0.4, -0.2) is 42.2 Å². The quantitative estimate of drug-likeness (QED) is 0.599. The van der Waals surface area contributed by atoms with E-state index in [2.05, 4.69) is 40.3 Å². The van der Waals surface area contributed by atoms with E-state index in [1.807, 2.05) is 0 Å². The van der Waals surface area contributed by atoms with Gasteiger partial charge in [-0.15, -0.1) is 0 Å². The summed E-state index contributed by atoms with van der Waals surface area (Å²) in [5.74, 6) is 0. The molecular formula is C17H32N4. The molecule has 0 aromatic heterocycles. The summed E-state index contributed by atoms with van der Waals surface area (Å²) in [4.78, 5) is 9.10. The molecule has 2 aliphatic rings. The van der Waals surface area contributed by atoms with Crippen molar-refractivity contribution in [1.82, 2.24) is 10.4 Å². The molecule has 4 heteroatoms. The lowest BCUT2D eigenvalue weighted by Gasteiger charge is -2.31. The minimum Gasteiger partial charge on any atom is -0.252 e. The summed E-state index contributed by atoms with van der Waals surface area (Å²) in [7, 11) is 0. The molecule has 120 valence electrons. The Morgan fingerprint density at radius 3 is 2.00 bits per heavy atom. The Bertz CT molecular complexity index is 331. The largest absolute Gasteiger partial charge is 0.252 e. The minimum atomic E-state index is 0.451. The molecule has 0 unspecified atom stereocenters. The van der Waals surface area contributed by atoms with E-state index in [4.69, 9.17) is 0 Å². The van der Waals surface area contributed by atoms with E-state index in [1.54, 1.807) is 0 Å². The summed E-state index contributed by atoms with van der Waals surface area (Å²) >= 11 is 0. The molecule has 2 aliphatic carbocycles. The molecule has 21 heavy (non-hydrogen) atoms.